The molecule has 26 heavy (non-hydrogen) atoms. The fourth-order valence-electron chi connectivity index (χ4n) is 2.47. The smallest absolute Gasteiger partial charge is 0.264 e. The van der Waals surface area contributed by atoms with Gasteiger partial charge in [0.2, 0.25) is 5.13 Å². The number of amides is 1. The van der Waals surface area contributed by atoms with Crippen molar-refractivity contribution in [3.8, 4) is 16.3 Å². The van der Waals surface area contributed by atoms with Crippen LogP contribution in [0.2, 0.25) is 0 Å². The van der Waals surface area contributed by atoms with Gasteiger partial charge in [-0.25, -0.2) is 0 Å². The second-order valence-electron chi connectivity index (χ2n) is 6.31. The fraction of sp³-hybridized carbons (Fsp3) is 0.250. The van der Waals surface area contributed by atoms with E-state index in [0.29, 0.717) is 11.0 Å². The molecule has 3 rings (SSSR count). The predicted molar refractivity (Wildman–Crippen MR) is 105 cm³/mol. The van der Waals surface area contributed by atoms with Crippen LogP contribution in [0.1, 0.15) is 30.9 Å². The summed E-state index contributed by atoms with van der Waals surface area (Å²) in [6.07, 6.45) is 0. The first kappa shape index (κ1) is 18.1. The lowest BCUT2D eigenvalue weighted by molar-refractivity contribution is -0.118. The molecule has 0 fully saturated rings. The first-order valence-corrected chi connectivity index (χ1v) is 9.26. The number of benzene rings is 2. The van der Waals surface area contributed by atoms with Crippen LogP contribution >= 0.6 is 11.3 Å². The molecule has 134 valence electrons. The summed E-state index contributed by atoms with van der Waals surface area (Å²) < 4.78 is 5.68. The highest BCUT2D eigenvalue weighted by Crippen LogP contribution is 2.27. The number of para-hydroxylation sites is 1. The zero-order valence-electron chi connectivity index (χ0n) is 15.0. The van der Waals surface area contributed by atoms with Crippen molar-refractivity contribution in [1.29, 1.82) is 0 Å². The van der Waals surface area contributed by atoms with Crippen LogP contribution in [0.15, 0.2) is 48.5 Å². The number of ether oxygens (including phenoxy) is 1. The molecule has 6 heteroatoms. The van der Waals surface area contributed by atoms with Crippen LogP contribution in [0.3, 0.4) is 0 Å². The van der Waals surface area contributed by atoms with Gasteiger partial charge in [0.25, 0.3) is 5.91 Å². The highest BCUT2D eigenvalue weighted by atomic mass is 32.1. The predicted octanol–water partition coefficient (Wildman–Crippen LogP) is 4.65. The molecule has 0 bridgehead atoms. The van der Waals surface area contributed by atoms with E-state index in [1.807, 2.05) is 55.5 Å². The van der Waals surface area contributed by atoms with Crippen LogP contribution < -0.4 is 10.1 Å². The lowest BCUT2D eigenvalue weighted by Gasteiger charge is -2.13. The second-order valence-corrected chi connectivity index (χ2v) is 7.29. The van der Waals surface area contributed by atoms with E-state index in [2.05, 4.69) is 29.4 Å². The number of carbonyl (C=O) groups excluding carboxylic acids is 1. The van der Waals surface area contributed by atoms with E-state index >= 15 is 0 Å². The van der Waals surface area contributed by atoms with Gasteiger partial charge in [-0.3, -0.25) is 10.1 Å². The van der Waals surface area contributed by atoms with Gasteiger partial charge in [-0.1, -0.05) is 73.2 Å². The van der Waals surface area contributed by atoms with Crippen molar-refractivity contribution in [3.63, 3.8) is 0 Å². The molecule has 3 aromatic rings. The Labute approximate surface area is 157 Å². The number of rotatable bonds is 6. The van der Waals surface area contributed by atoms with Gasteiger partial charge in [0, 0.05) is 5.56 Å². The van der Waals surface area contributed by atoms with E-state index in [0.717, 1.165) is 21.9 Å². The Morgan fingerprint density at radius 3 is 2.58 bits per heavy atom. The van der Waals surface area contributed by atoms with Gasteiger partial charge >= 0.3 is 0 Å². The molecule has 1 N–H and O–H groups in total. The minimum Gasteiger partial charge on any atom is -0.483 e. The Balaban J connectivity index is 1.60. The summed E-state index contributed by atoms with van der Waals surface area (Å²) in [6.45, 7) is 6.16. The lowest BCUT2D eigenvalue weighted by Crippen LogP contribution is -2.20. The number of aromatic nitrogens is 2. The summed E-state index contributed by atoms with van der Waals surface area (Å²) in [6, 6.07) is 15.8. The molecule has 0 unspecified atom stereocenters. The maximum Gasteiger partial charge on any atom is 0.264 e. The number of carbonyl (C=O) groups is 1. The van der Waals surface area contributed by atoms with Gasteiger partial charge in [-0.15, -0.1) is 10.2 Å². The van der Waals surface area contributed by atoms with E-state index in [1.54, 1.807) is 0 Å². The van der Waals surface area contributed by atoms with Crippen LogP contribution in [0.25, 0.3) is 10.6 Å². The Kier molecular flexibility index (Phi) is 5.63. The summed E-state index contributed by atoms with van der Waals surface area (Å²) in [7, 11) is 0. The topological polar surface area (TPSA) is 64.1 Å². The number of hydrogen-bond donors (Lipinski definition) is 1. The van der Waals surface area contributed by atoms with Gasteiger partial charge in [0.05, 0.1) is 0 Å². The summed E-state index contributed by atoms with van der Waals surface area (Å²) >= 11 is 1.34. The van der Waals surface area contributed by atoms with Crippen molar-refractivity contribution < 1.29 is 9.53 Å². The molecule has 0 radical (unpaired) electrons. The van der Waals surface area contributed by atoms with Gasteiger partial charge in [-0.2, -0.15) is 0 Å². The highest BCUT2D eigenvalue weighted by molar-refractivity contribution is 7.18. The number of nitrogens with zero attached hydrogens (tertiary/aromatic N) is 2. The Morgan fingerprint density at radius 1 is 1.12 bits per heavy atom. The number of nitrogens with one attached hydrogen (secondary N) is 1. The average Bonchev–Trinajstić information content (AvgIpc) is 3.09. The molecular weight excluding hydrogens is 346 g/mol. The summed E-state index contributed by atoms with van der Waals surface area (Å²) in [5, 5.41) is 12.2. The van der Waals surface area contributed by atoms with E-state index < -0.39 is 0 Å². The van der Waals surface area contributed by atoms with Crippen molar-refractivity contribution in [2.75, 3.05) is 11.9 Å². The minimum absolute atomic E-state index is 0.0663. The largest absolute Gasteiger partial charge is 0.483 e. The first-order chi connectivity index (χ1) is 12.5. The molecule has 2 aromatic carbocycles. The summed E-state index contributed by atoms with van der Waals surface area (Å²) in [5.74, 6) is 0.805. The standard InChI is InChI=1S/C20H21N3O2S/c1-13(2)16-6-4-5-7-17(16)25-12-18(24)21-20-23-22-19(26-20)15-10-8-14(3)9-11-15/h4-11,13H,12H2,1-3H3,(H,21,23,24). The molecular formula is C20H21N3O2S. The van der Waals surface area contributed by atoms with E-state index in [4.69, 9.17) is 4.74 Å². The molecule has 0 aliphatic heterocycles. The highest BCUT2D eigenvalue weighted by Gasteiger charge is 2.12. The molecule has 0 saturated carbocycles. The molecule has 0 saturated heterocycles. The Bertz CT molecular complexity index is 888. The fourth-order valence-corrected chi connectivity index (χ4v) is 3.24. The summed E-state index contributed by atoms with van der Waals surface area (Å²) in [5.41, 5.74) is 3.25. The second kappa shape index (κ2) is 8.10. The van der Waals surface area contributed by atoms with Crippen molar-refractivity contribution in [1.82, 2.24) is 10.2 Å². The number of hydrogen-bond acceptors (Lipinski definition) is 5. The summed E-state index contributed by atoms with van der Waals surface area (Å²) in [4.78, 5) is 12.2. The Hall–Kier alpha value is -2.73. The van der Waals surface area contributed by atoms with Crippen molar-refractivity contribution >= 4 is 22.4 Å². The zero-order chi connectivity index (χ0) is 18.5. The first-order valence-electron chi connectivity index (χ1n) is 8.45. The molecule has 1 amide bonds. The quantitative estimate of drug-likeness (QED) is 0.688. The van der Waals surface area contributed by atoms with Crippen molar-refractivity contribution in [2.45, 2.75) is 26.7 Å². The molecule has 0 aliphatic rings. The van der Waals surface area contributed by atoms with Crippen LogP contribution in [0.4, 0.5) is 5.13 Å². The van der Waals surface area contributed by atoms with E-state index in [1.165, 1.54) is 16.9 Å². The minimum atomic E-state index is -0.254. The van der Waals surface area contributed by atoms with E-state index in [-0.39, 0.29) is 12.5 Å². The lowest BCUT2D eigenvalue weighted by atomic mass is 10.0. The van der Waals surface area contributed by atoms with Gasteiger partial charge < -0.3 is 4.74 Å². The number of aryl methyl sites for hydroxylation is 1. The maximum absolute atomic E-state index is 12.2. The van der Waals surface area contributed by atoms with E-state index in [9.17, 15) is 4.79 Å². The maximum atomic E-state index is 12.2. The van der Waals surface area contributed by atoms with Crippen molar-refractivity contribution in [3.05, 3.63) is 59.7 Å². The van der Waals surface area contributed by atoms with Crippen molar-refractivity contribution in [2.24, 2.45) is 0 Å². The third kappa shape index (κ3) is 4.46. The van der Waals surface area contributed by atoms with Gasteiger partial charge in [0.15, 0.2) is 6.61 Å². The molecule has 5 nitrogen and oxygen atoms in total. The van der Waals surface area contributed by atoms with Crippen LogP contribution in [0.5, 0.6) is 5.75 Å². The van der Waals surface area contributed by atoms with Gasteiger partial charge in [0.1, 0.15) is 10.8 Å². The monoisotopic (exact) mass is 367 g/mol. The number of anilines is 1. The molecule has 1 aromatic heterocycles. The van der Waals surface area contributed by atoms with Crippen LogP contribution in [0, 0.1) is 6.92 Å². The molecule has 0 aliphatic carbocycles. The SMILES string of the molecule is Cc1ccc(-c2nnc(NC(=O)COc3ccccc3C(C)C)s2)cc1. The normalized spacial score (nSPS) is 10.8. The average molecular weight is 367 g/mol. The molecule has 0 atom stereocenters. The molecule has 0 spiro atoms. The molecule has 1 heterocycles. The van der Waals surface area contributed by atoms with Crippen LogP contribution in [-0.2, 0) is 4.79 Å². The third-order valence-corrected chi connectivity index (χ3v) is 4.76. The van der Waals surface area contributed by atoms with Gasteiger partial charge in [-0.05, 0) is 24.5 Å². The third-order valence-electron chi connectivity index (χ3n) is 3.87. The Morgan fingerprint density at radius 2 is 1.85 bits per heavy atom. The van der Waals surface area contributed by atoms with Crippen LogP contribution in [-0.4, -0.2) is 22.7 Å². The zero-order valence-corrected chi connectivity index (χ0v) is 15.8.